The van der Waals surface area contributed by atoms with Gasteiger partial charge in [-0.25, -0.2) is 4.68 Å². The fraction of sp³-hybridized carbons (Fsp3) is 0.875. The molecule has 6 nitrogen and oxygen atoms in total. The summed E-state index contributed by atoms with van der Waals surface area (Å²) < 4.78 is 1.71. The first-order chi connectivity index (χ1) is 7.36. The Morgan fingerprint density at radius 1 is 1.40 bits per heavy atom. The fourth-order valence-corrected chi connectivity index (χ4v) is 2.39. The summed E-state index contributed by atoms with van der Waals surface area (Å²) in [5.74, 6) is 1.05. The molecule has 0 aliphatic carbocycles. The minimum Gasteiger partial charge on any atom is -0.314 e. The van der Waals surface area contributed by atoms with Crippen LogP contribution in [0.1, 0.15) is 0 Å². The number of hydrogen-bond donors (Lipinski definition) is 1. The number of nitrogens with one attached hydrogen (secondary N) is 1. The summed E-state index contributed by atoms with van der Waals surface area (Å²) in [6.07, 6.45) is 0. The zero-order valence-corrected chi connectivity index (χ0v) is 9.70. The van der Waals surface area contributed by atoms with Gasteiger partial charge in [0, 0.05) is 45.5 Å². The standard InChI is InChI=1S/C8H16N6S/c1-13-8(10-11-12-13)15-7-6-14-4-2-9-3-5-14/h9H,2-7H2,1H3. The highest BCUT2D eigenvalue weighted by atomic mass is 32.2. The van der Waals surface area contributed by atoms with E-state index in [-0.39, 0.29) is 0 Å². The third kappa shape index (κ3) is 3.15. The predicted octanol–water partition coefficient (Wildman–Crippen LogP) is -0.793. The molecule has 1 N–H and O–H groups in total. The van der Waals surface area contributed by atoms with Crippen LogP contribution >= 0.6 is 11.8 Å². The number of thioether (sulfide) groups is 1. The zero-order valence-electron chi connectivity index (χ0n) is 8.89. The first-order valence-electron chi connectivity index (χ1n) is 5.14. The first kappa shape index (κ1) is 10.8. The van der Waals surface area contributed by atoms with Crippen molar-refractivity contribution in [2.24, 2.45) is 7.05 Å². The summed E-state index contributed by atoms with van der Waals surface area (Å²) in [6.45, 7) is 5.63. The third-order valence-electron chi connectivity index (χ3n) is 2.43. The van der Waals surface area contributed by atoms with E-state index in [1.165, 1.54) is 0 Å². The smallest absolute Gasteiger partial charge is 0.209 e. The molecule has 1 aromatic heterocycles. The molecule has 2 rings (SSSR count). The molecule has 0 spiro atoms. The van der Waals surface area contributed by atoms with Crippen LogP contribution in [0.2, 0.25) is 0 Å². The maximum absolute atomic E-state index is 3.93. The molecule has 2 heterocycles. The summed E-state index contributed by atoms with van der Waals surface area (Å²) in [6, 6.07) is 0. The van der Waals surface area contributed by atoms with Gasteiger partial charge in [-0.15, -0.1) is 5.10 Å². The molecule has 0 radical (unpaired) electrons. The molecule has 7 heteroatoms. The van der Waals surface area contributed by atoms with E-state index < -0.39 is 0 Å². The third-order valence-corrected chi connectivity index (χ3v) is 3.42. The number of aryl methyl sites for hydroxylation is 1. The van der Waals surface area contributed by atoms with Crippen molar-refractivity contribution >= 4 is 11.8 Å². The first-order valence-corrected chi connectivity index (χ1v) is 6.13. The van der Waals surface area contributed by atoms with Crippen molar-refractivity contribution in [3.8, 4) is 0 Å². The maximum atomic E-state index is 3.93. The molecule has 15 heavy (non-hydrogen) atoms. The Labute approximate surface area is 93.4 Å². The van der Waals surface area contributed by atoms with Crippen molar-refractivity contribution in [3.05, 3.63) is 0 Å². The van der Waals surface area contributed by atoms with Crippen LogP contribution in [0.5, 0.6) is 0 Å². The molecular weight excluding hydrogens is 212 g/mol. The Balaban J connectivity index is 1.68. The van der Waals surface area contributed by atoms with Gasteiger partial charge in [-0.1, -0.05) is 11.8 Å². The Kier molecular flexibility index (Phi) is 3.93. The molecule has 0 saturated carbocycles. The van der Waals surface area contributed by atoms with Gasteiger partial charge in [0.05, 0.1) is 0 Å². The predicted molar refractivity (Wildman–Crippen MR) is 58.8 cm³/mol. The van der Waals surface area contributed by atoms with Gasteiger partial charge in [-0.2, -0.15) is 0 Å². The van der Waals surface area contributed by atoms with Gasteiger partial charge in [-0.3, -0.25) is 4.90 Å². The number of aromatic nitrogens is 4. The van der Waals surface area contributed by atoms with E-state index in [0.717, 1.165) is 43.6 Å². The van der Waals surface area contributed by atoms with Gasteiger partial charge < -0.3 is 5.32 Å². The Hall–Kier alpha value is -0.660. The molecule has 0 amide bonds. The summed E-state index contributed by atoms with van der Waals surface area (Å²) >= 11 is 1.71. The average molecular weight is 228 g/mol. The van der Waals surface area contributed by atoms with Crippen LogP contribution in [0.4, 0.5) is 0 Å². The molecular formula is C8H16N6S. The van der Waals surface area contributed by atoms with E-state index in [4.69, 9.17) is 0 Å². The normalized spacial score (nSPS) is 18.2. The zero-order chi connectivity index (χ0) is 10.5. The second-order valence-electron chi connectivity index (χ2n) is 3.53. The van der Waals surface area contributed by atoms with Gasteiger partial charge in [-0.05, 0) is 10.4 Å². The van der Waals surface area contributed by atoms with Gasteiger partial charge in [0.1, 0.15) is 0 Å². The molecule has 1 aliphatic rings. The van der Waals surface area contributed by atoms with E-state index in [2.05, 4.69) is 25.7 Å². The van der Waals surface area contributed by atoms with Gasteiger partial charge in [0.2, 0.25) is 5.16 Å². The highest BCUT2D eigenvalue weighted by Crippen LogP contribution is 2.12. The molecule has 0 unspecified atom stereocenters. The maximum Gasteiger partial charge on any atom is 0.209 e. The molecule has 0 atom stereocenters. The largest absolute Gasteiger partial charge is 0.314 e. The second kappa shape index (κ2) is 5.43. The van der Waals surface area contributed by atoms with Crippen molar-refractivity contribution in [2.45, 2.75) is 5.16 Å². The lowest BCUT2D eigenvalue weighted by molar-refractivity contribution is 0.255. The molecule has 84 valence electrons. The minimum atomic E-state index is 0.894. The molecule has 1 saturated heterocycles. The Morgan fingerprint density at radius 3 is 2.87 bits per heavy atom. The SMILES string of the molecule is Cn1nnnc1SCCN1CCNCC1. The van der Waals surface area contributed by atoms with Gasteiger partial charge >= 0.3 is 0 Å². The average Bonchev–Trinajstić information content (AvgIpc) is 2.66. The second-order valence-corrected chi connectivity index (χ2v) is 4.59. The fourth-order valence-electron chi connectivity index (χ4n) is 1.54. The number of piperazine rings is 1. The highest BCUT2D eigenvalue weighted by molar-refractivity contribution is 7.99. The van der Waals surface area contributed by atoms with Gasteiger partial charge in [0.25, 0.3) is 0 Å². The van der Waals surface area contributed by atoms with E-state index >= 15 is 0 Å². The summed E-state index contributed by atoms with van der Waals surface area (Å²) in [7, 11) is 1.87. The highest BCUT2D eigenvalue weighted by Gasteiger charge is 2.09. The van der Waals surface area contributed by atoms with E-state index in [0.29, 0.717) is 0 Å². The molecule has 1 aliphatic heterocycles. The number of rotatable bonds is 4. The van der Waals surface area contributed by atoms with Crippen LogP contribution < -0.4 is 5.32 Å². The van der Waals surface area contributed by atoms with E-state index in [9.17, 15) is 0 Å². The quantitative estimate of drug-likeness (QED) is 0.681. The number of hydrogen-bond acceptors (Lipinski definition) is 6. The summed E-state index contributed by atoms with van der Waals surface area (Å²) in [4.78, 5) is 2.47. The van der Waals surface area contributed by atoms with Crippen molar-refractivity contribution in [1.82, 2.24) is 30.4 Å². The van der Waals surface area contributed by atoms with Crippen LogP contribution in [-0.2, 0) is 7.05 Å². The van der Waals surface area contributed by atoms with Crippen molar-refractivity contribution < 1.29 is 0 Å². The summed E-state index contributed by atoms with van der Waals surface area (Å²) in [5.41, 5.74) is 0. The van der Waals surface area contributed by atoms with Crippen LogP contribution in [0.25, 0.3) is 0 Å². The molecule has 0 bridgehead atoms. The number of tetrazole rings is 1. The topological polar surface area (TPSA) is 58.9 Å². The molecule has 1 aromatic rings. The molecule has 0 aromatic carbocycles. The summed E-state index contributed by atoms with van der Waals surface area (Å²) in [5, 5.41) is 15.6. The Morgan fingerprint density at radius 2 is 2.20 bits per heavy atom. The monoisotopic (exact) mass is 228 g/mol. The molecule has 1 fully saturated rings. The lowest BCUT2D eigenvalue weighted by atomic mass is 10.4. The minimum absolute atomic E-state index is 0.894. The van der Waals surface area contributed by atoms with E-state index in [1.54, 1.807) is 16.4 Å². The van der Waals surface area contributed by atoms with Gasteiger partial charge in [0.15, 0.2) is 0 Å². The van der Waals surface area contributed by atoms with Crippen molar-refractivity contribution in [1.29, 1.82) is 0 Å². The van der Waals surface area contributed by atoms with Crippen LogP contribution in [0.3, 0.4) is 0 Å². The number of nitrogens with zero attached hydrogens (tertiary/aromatic N) is 5. The lowest BCUT2D eigenvalue weighted by Crippen LogP contribution is -2.44. The Bertz CT molecular complexity index is 295. The lowest BCUT2D eigenvalue weighted by Gasteiger charge is -2.26. The van der Waals surface area contributed by atoms with E-state index in [1.807, 2.05) is 7.05 Å². The van der Waals surface area contributed by atoms with Crippen LogP contribution in [-0.4, -0.2) is 63.6 Å². The van der Waals surface area contributed by atoms with Crippen LogP contribution in [0.15, 0.2) is 5.16 Å². The van der Waals surface area contributed by atoms with Crippen LogP contribution in [0, 0.1) is 0 Å². The van der Waals surface area contributed by atoms with Crippen molar-refractivity contribution in [3.63, 3.8) is 0 Å². The van der Waals surface area contributed by atoms with Crippen molar-refractivity contribution in [2.75, 3.05) is 38.5 Å².